The predicted molar refractivity (Wildman–Crippen MR) is 162 cm³/mol. The summed E-state index contributed by atoms with van der Waals surface area (Å²) in [5.41, 5.74) is 3.82. The second kappa shape index (κ2) is 13.0. The minimum absolute atomic E-state index is 0.189. The summed E-state index contributed by atoms with van der Waals surface area (Å²) in [5, 5.41) is 7.82. The van der Waals surface area contributed by atoms with Crippen molar-refractivity contribution >= 4 is 63.2 Å². The summed E-state index contributed by atoms with van der Waals surface area (Å²) >= 11 is 18.4. The molecule has 1 aliphatic heterocycles. The number of aromatic amines is 1. The summed E-state index contributed by atoms with van der Waals surface area (Å²) < 4.78 is 0. The molecule has 0 spiro atoms. The van der Waals surface area contributed by atoms with Crippen LogP contribution in [0.25, 0.3) is 10.9 Å². The quantitative estimate of drug-likeness (QED) is 0.229. The number of carbonyl (C=O) groups excluding carboxylic acids is 2. The molecule has 0 radical (unpaired) electrons. The molecule has 1 fully saturated rings. The first-order valence-electron chi connectivity index (χ1n) is 13.1. The van der Waals surface area contributed by atoms with E-state index in [4.69, 9.17) is 34.8 Å². The number of halogens is 3. The average Bonchev–Trinajstić information content (AvgIpc) is 3.37. The van der Waals surface area contributed by atoms with Crippen LogP contribution in [0, 0.1) is 0 Å². The number of aromatic nitrogens is 1. The molecule has 1 atom stereocenters. The van der Waals surface area contributed by atoms with Crippen LogP contribution in [-0.2, 0) is 22.6 Å². The number of benzene rings is 3. The topological polar surface area (TPSA) is 80.5 Å². The molecular weight excluding hydrogens is 569 g/mol. The van der Waals surface area contributed by atoms with Crippen molar-refractivity contribution in [1.29, 1.82) is 0 Å². The number of piperazine rings is 1. The smallest absolute Gasteiger partial charge is 0.243 e. The maximum Gasteiger partial charge on any atom is 0.243 e. The predicted octanol–water partition coefficient (Wildman–Crippen LogP) is 5.29. The monoisotopic (exact) mass is 597 g/mol. The Kier molecular flexibility index (Phi) is 9.17. The van der Waals surface area contributed by atoms with E-state index in [1.165, 1.54) is 5.69 Å². The maximum absolute atomic E-state index is 13.4. The van der Waals surface area contributed by atoms with Crippen LogP contribution in [0.5, 0.6) is 0 Å². The normalized spacial score (nSPS) is 14.7. The number of nitrogens with zero attached hydrogens (tertiary/aromatic N) is 2. The Labute approximate surface area is 248 Å². The van der Waals surface area contributed by atoms with Crippen molar-refractivity contribution in [3.63, 3.8) is 0 Å². The molecule has 1 aliphatic rings. The fourth-order valence-corrected chi connectivity index (χ4v) is 5.64. The standard InChI is InChI=1S/C30H30Cl3N5O2/c31-24-14-20(15-25(32)29(24)33)17-35-30(40)27(16-21-18-34-26-9-5-4-8-23(21)26)36-28(39)19-37-10-12-38(13-11-37)22-6-2-1-3-7-22/h1-9,14-15,18,27,34H,10-13,16-17,19H2,(H,35,40)(H,36,39). The van der Waals surface area contributed by atoms with Gasteiger partial charge in [-0.15, -0.1) is 0 Å². The Hall–Kier alpha value is -3.23. The summed E-state index contributed by atoms with van der Waals surface area (Å²) in [6.07, 6.45) is 2.23. The number of H-pyrrole nitrogens is 1. The highest BCUT2D eigenvalue weighted by atomic mass is 35.5. The lowest BCUT2D eigenvalue weighted by atomic mass is 10.0. The number of carbonyl (C=O) groups is 2. The fourth-order valence-electron chi connectivity index (χ4n) is 5.00. The van der Waals surface area contributed by atoms with E-state index < -0.39 is 6.04 Å². The summed E-state index contributed by atoms with van der Waals surface area (Å²) in [6.45, 7) is 3.62. The zero-order valence-electron chi connectivity index (χ0n) is 21.8. The Morgan fingerprint density at radius 1 is 0.900 bits per heavy atom. The van der Waals surface area contributed by atoms with Gasteiger partial charge in [0.25, 0.3) is 0 Å². The number of fused-ring (bicyclic) bond motifs is 1. The van der Waals surface area contributed by atoms with Crippen molar-refractivity contribution < 1.29 is 9.59 Å². The molecule has 0 bridgehead atoms. The Morgan fingerprint density at radius 2 is 1.57 bits per heavy atom. The fraction of sp³-hybridized carbons (Fsp3) is 0.267. The summed E-state index contributed by atoms with van der Waals surface area (Å²) in [7, 11) is 0. The molecular formula is C30H30Cl3N5O2. The lowest BCUT2D eigenvalue weighted by Gasteiger charge is -2.35. The van der Waals surface area contributed by atoms with Crippen molar-refractivity contribution in [3.8, 4) is 0 Å². The van der Waals surface area contributed by atoms with E-state index in [-0.39, 0.29) is 29.9 Å². The molecule has 10 heteroatoms. The lowest BCUT2D eigenvalue weighted by molar-refractivity contribution is -0.129. The summed E-state index contributed by atoms with van der Waals surface area (Å²) in [4.78, 5) is 34.2. The molecule has 1 saturated heterocycles. The zero-order chi connectivity index (χ0) is 28.1. The van der Waals surface area contributed by atoms with Gasteiger partial charge in [0.05, 0.1) is 21.6 Å². The Bertz CT molecular complexity index is 1460. The first kappa shape index (κ1) is 28.3. The van der Waals surface area contributed by atoms with Crippen LogP contribution in [-0.4, -0.2) is 60.5 Å². The number of hydrogen-bond donors (Lipinski definition) is 3. The van der Waals surface area contributed by atoms with E-state index in [0.29, 0.717) is 22.0 Å². The molecule has 40 heavy (non-hydrogen) atoms. The van der Waals surface area contributed by atoms with Gasteiger partial charge in [-0.1, -0.05) is 71.2 Å². The largest absolute Gasteiger partial charge is 0.369 e. The van der Waals surface area contributed by atoms with E-state index in [1.807, 2.05) is 48.7 Å². The van der Waals surface area contributed by atoms with Crippen molar-refractivity contribution in [2.75, 3.05) is 37.6 Å². The molecule has 3 aromatic carbocycles. The Balaban J connectivity index is 1.24. The first-order valence-corrected chi connectivity index (χ1v) is 14.3. The van der Waals surface area contributed by atoms with Gasteiger partial charge in [-0.2, -0.15) is 0 Å². The zero-order valence-corrected chi connectivity index (χ0v) is 24.1. The number of para-hydroxylation sites is 2. The maximum atomic E-state index is 13.4. The first-order chi connectivity index (χ1) is 19.4. The van der Waals surface area contributed by atoms with Crippen molar-refractivity contribution in [3.05, 3.63) is 99.1 Å². The van der Waals surface area contributed by atoms with Gasteiger partial charge in [0, 0.05) is 61.9 Å². The van der Waals surface area contributed by atoms with Crippen molar-refractivity contribution in [1.82, 2.24) is 20.5 Å². The minimum atomic E-state index is -0.768. The van der Waals surface area contributed by atoms with E-state index in [9.17, 15) is 9.59 Å². The van der Waals surface area contributed by atoms with Gasteiger partial charge < -0.3 is 20.5 Å². The van der Waals surface area contributed by atoms with Crippen LogP contribution in [0.2, 0.25) is 15.1 Å². The van der Waals surface area contributed by atoms with E-state index in [0.717, 1.165) is 42.6 Å². The third kappa shape index (κ3) is 6.91. The summed E-state index contributed by atoms with van der Waals surface area (Å²) in [6, 6.07) is 20.7. The molecule has 5 rings (SSSR count). The van der Waals surface area contributed by atoms with Crippen LogP contribution in [0.1, 0.15) is 11.1 Å². The molecule has 1 unspecified atom stereocenters. The van der Waals surface area contributed by atoms with Crippen LogP contribution >= 0.6 is 34.8 Å². The number of anilines is 1. The van der Waals surface area contributed by atoms with Gasteiger partial charge >= 0.3 is 0 Å². The van der Waals surface area contributed by atoms with Crippen molar-refractivity contribution in [2.24, 2.45) is 0 Å². The number of nitrogens with one attached hydrogen (secondary N) is 3. The van der Waals surface area contributed by atoms with Gasteiger partial charge in [0.15, 0.2) is 0 Å². The van der Waals surface area contributed by atoms with Gasteiger partial charge in [0.1, 0.15) is 6.04 Å². The molecule has 208 valence electrons. The molecule has 0 aliphatic carbocycles. The highest BCUT2D eigenvalue weighted by Gasteiger charge is 2.25. The van der Waals surface area contributed by atoms with E-state index in [1.54, 1.807) is 12.1 Å². The SMILES string of the molecule is O=C(CN1CCN(c2ccccc2)CC1)NC(Cc1c[nH]c2ccccc12)C(=O)NCc1cc(Cl)c(Cl)c(Cl)c1. The van der Waals surface area contributed by atoms with Crippen molar-refractivity contribution in [2.45, 2.75) is 19.0 Å². The third-order valence-electron chi connectivity index (χ3n) is 7.12. The molecule has 0 saturated carbocycles. The van der Waals surface area contributed by atoms with Crippen LogP contribution in [0.3, 0.4) is 0 Å². The number of rotatable bonds is 9. The second-order valence-corrected chi connectivity index (χ2v) is 11.1. The number of amides is 2. The molecule has 4 aromatic rings. The van der Waals surface area contributed by atoms with Gasteiger partial charge in [-0.25, -0.2) is 0 Å². The third-order valence-corrected chi connectivity index (χ3v) is 8.32. The number of hydrogen-bond acceptors (Lipinski definition) is 4. The molecule has 2 heterocycles. The van der Waals surface area contributed by atoms with Gasteiger partial charge in [-0.3, -0.25) is 14.5 Å². The van der Waals surface area contributed by atoms with E-state index in [2.05, 4.69) is 37.6 Å². The molecule has 2 amide bonds. The van der Waals surface area contributed by atoms with Crippen LogP contribution in [0.4, 0.5) is 5.69 Å². The minimum Gasteiger partial charge on any atom is -0.369 e. The van der Waals surface area contributed by atoms with E-state index >= 15 is 0 Å². The van der Waals surface area contributed by atoms with Crippen LogP contribution < -0.4 is 15.5 Å². The average molecular weight is 599 g/mol. The molecule has 1 aromatic heterocycles. The van der Waals surface area contributed by atoms with Crippen LogP contribution in [0.15, 0.2) is 72.9 Å². The molecule has 3 N–H and O–H groups in total. The lowest BCUT2D eigenvalue weighted by Crippen LogP contribution is -2.53. The molecule has 7 nitrogen and oxygen atoms in total. The summed E-state index contributed by atoms with van der Waals surface area (Å²) in [5.74, 6) is -0.486. The van der Waals surface area contributed by atoms with Gasteiger partial charge in [0.2, 0.25) is 11.8 Å². The highest BCUT2D eigenvalue weighted by molar-refractivity contribution is 6.48. The second-order valence-electron chi connectivity index (χ2n) is 9.87. The van der Waals surface area contributed by atoms with Gasteiger partial charge in [-0.05, 0) is 41.5 Å². The Morgan fingerprint density at radius 3 is 2.30 bits per heavy atom. The highest BCUT2D eigenvalue weighted by Crippen LogP contribution is 2.31.